The van der Waals surface area contributed by atoms with Crippen molar-refractivity contribution in [3.05, 3.63) is 0 Å². The molecule has 0 unspecified atom stereocenters. The molecule has 3 nitrogen and oxygen atoms in total. The molecule has 1 heterocycles. The quantitative estimate of drug-likeness (QED) is 0.699. The Balaban J connectivity index is 1.97. The fraction of sp³-hybridized carbons (Fsp3) is 0.917. The van der Waals surface area contributed by atoms with E-state index in [-0.39, 0.29) is 11.9 Å². The number of amides is 1. The average Bonchev–Trinajstić information content (AvgIpc) is 2.30. The van der Waals surface area contributed by atoms with Gasteiger partial charge in [0.05, 0.1) is 12.6 Å². The molecular weight excluding hydrogens is 222 g/mol. The number of unbranched alkanes of at least 4 members (excludes halogenated alkanes) is 1. The number of rotatable bonds is 7. The summed E-state index contributed by atoms with van der Waals surface area (Å²) in [6.45, 7) is 3.73. The van der Waals surface area contributed by atoms with Crippen molar-refractivity contribution in [1.29, 1.82) is 0 Å². The van der Waals surface area contributed by atoms with Crippen LogP contribution in [0.1, 0.15) is 39.0 Å². The van der Waals surface area contributed by atoms with E-state index < -0.39 is 0 Å². The Morgan fingerprint density at radius 3 is 3.06 bits per heavy atom. The van der Waals surface area contributed by atoms with E-state index in [4.69, 9.17) is 4.74 Å². The zero-order valence-corrected chi connectivity index (χ0v) is 11.0. The number of ether oxygens (including phenoxy) is 1. The van der Waals surface area contributed by atoms with E-state index in [0.29, 0.717) is 13.0 Å². The molecule has 0 aromatic rings. The number of nitrogens with one attached hydrogen (secondary N) is 1. The lowest BCUT2D eigenvalue weighted by molar-refractivity contribution is -0.122. The van der Waals surface area contributed by atoms with Crippen LogP contribution in [0, 0.1) is 0 Å². The van der Waals surface area contributed by atoms with Crippen molar-refractivity contribution < 1.29 is 9.53 Å². The molecule has 1 aliphatic heterocycles. The third-order valence-electron chi connectivity index (χ3n) is 2.64. The summed E-state index contributed by atoms with van der Waals surface area (Å²) in [6.07, 6.45) is 5.26. The predicted molar refractivity (Wildman–Crippen MR) is 68.8 cm³/mol. The lowest BCUT2D eigenvalue weighted by Crippen LogP contribution is -2.40. The van der Waals surface area contributed by atoms with E-state index in [2.05, 4.69) is 12.2 Å². The van der Waals surface area contributed by atoms with Gasteiger partial charge >= 0.3 is 0 Å². The SMILES string of the molecule is CCCCSCCC(=O)N[C@H]1CCCOC1. The molecule has 0 saturated carbocycles. The molecule has 4 heteroatoms. The molecule has 0 bridgehead atoms. The van der Waals surface area contributed by atoms with Crippen molar-refractivity contribution in [2.45, 2.75) is 45.1 Å². The topological polar surface area (TPSA) is 38.3 Å². The molecule has 0 aliphatic carbocycles. The van der Waals surface area contributed by atoms with Crippen LogP contribution in [0.3, 0.4) is 0 Å². The monoisotopic (exact) mass is 245 g/mol. The van der Waals surface area contributed by atoms with Gasteiger partial charge in [-0.1, -0.05) is 13.3 Å². The fourth-order valence-corrected chi connectivity index (χ4v) is 2.69. The summed E-state index contributed by atoms with van der Waals surface area (Å²) in [4.78, 5) is 11.6. The van der Waals surface area contributed by atoms with Crippen LogP contribution < -0.4 is 5.32 Å². The van der Waals surface area contributed by atoms with Crippen LogP contribution in [0.5, 0.6) is 0 Å². The highest BCUT2D eigenvalue weighted by Crippen LogP contribution is 2.08. The Kier molecular flexibility index (Phi) is 7.68. The molecular formula is C12H23NO2S. The van der Waals surface area contributed by atoms with Crippen molar-refractivity contribution >= 4 is 17.7 Å². The van der Waals surface area contributed by atoms with Gasteiger partial charge in [-0.25, -0.2) is 0 Å². The van der Waals surface area contributed by atoms with E-state index in [0.717, 1.165) is 25.2 Å². The molecule has 1 fully saturated rings. The summed E-state index contributed by atoms with van der Waals surface area (Å²) in [5, 5.41) is 3.03. The first-order valence-corrected chi connectivity index (χ1v) is 7.43. The third-order valence-corrected chi connectivity index (χ3v) is 3.71. The van der Waals surface area contributed by atoms with Gasteiger partial charge in [-0.3, -0.25) is 4.79 Å². The summed E-state index contributed by atoms with van der Waals surface area (Å²) in [5.41, 5.74) is 0. The Morgan fingerprint density at radius 2 is 2.38 bits per heavy atom. The summed E-state index contributed by atoms with van der Waals surface area (Å²) in [6, 6.07) is 0.252. The number of hydrogen-bond donors (Lipinski definition) is 1. The van der Waals surface area contributed by atoms with Gasteiger partial charge in [0.25, 0.3) is 0 Å². The second-order valence-corrected chi connectivity index (χ2v) is 5.42. The van der Waals surface area contributed by atoms with Gasteiger partial charge in [-0.2, -0.15) is 11.8 Å². The summed E-state index contributed by atoms with van der Waals surface area (Å²) < 4.78 is 5.32. The van der Waals surface area contributed by atoms with Crippen molar-refractivity contribution in [2.75, 3.05) is 24.7 Å². The van der Waals surface area contributed by atoms with Crippen molar-refractivity contribution in [1.82, 2.24) is 5.32 Å². The molecule has 0 radical (unpaired) electrons. The molecule has 1 aliphatic rings. The number of thioether (sulfide) groups is 1. The Bertz CT molecular complexity index is 193. The molecule has 16 heavy (non-hydrogen) atoms. The highest BCUT2D eigenvalue weighted by Gasteiger charge is 2.15. The van der Waals surface area contributed by atoms with Crippen LogP contribution in [0.25, 0.3) is 0 Å². The maximum Gasteiger partial charge on any atom is 0.221 e. The number of carbonyl (C=O) groups is 1. The maximum absolute atomic E-state index is 11.6. The number of carbonyl (C=O) groups excluding carboxylic acids is 1. The standard InChI is InChI=1S/C12H23NO2S/c1-2-3-8-16-9-6-12(14)13-11-5-4-7-15-10-11/h11H,2-10H2,1H3,(H,13,14)/t11-/m0/s1. The number of hydrogen-bond acceptors (Lipinski definition) is 3. The molecule has 1 N–H and O–H groups in total. The van der Waals surface area contributed by atoms with E-state index in [1.54, 1.807) is 0 Å². The van der Waals surface area contributed by atoms with Crippen LogP contribution in [0.15, 0.2) is 0 Å². The van der Waals surface area contributed by atoms with Crippen LogP contribution >= 0.6 is 11.8 Å². The molecule has 1 amide bonds. The average molecular weight is 245 g/mol. The minimum absolute atomic E-state index is 0.180. The highest BCUT2D eigenvalue weighted by atomic mass is 32.2. The van der Waals surface area contributed by atoms with Gasteiger partial charge in [0.2, 0.25) is 5.91 Å². The summed E-state index contributed by atoms with van der Waals surface area (Å²) in [5.74, 6) is 2.30. The van der Waals surface area contributed by atoms with Gasteiger partial charge in [0.1, 0.15) is 0 Å². The fourth-order valence-electron chi connectivity index (χ4n) is 1.67. The molecule has 0 aromatic heterocycles. The molecule has 0 spiro atoms. The van der Waals surface area contributed by atoms with E-state index in [9.17, 15) is 4.79 Å². The van der Waals surface area contributed by atoms with Crippen LogP contribution in [-0.4, -0.2) is 36.7 Å². The van der Waals surface area contributed by atoms with Crippen LogP contribution in [-0.2, 0) is 9.53 Å². The van der Waals surface area contributed by atoms with Gasteiger partial charge in [0.15, 0.2) is 0 Å². The Hall–Kier alpha value is -0.220. The van der Waals surface area contributed by atoms with Crippen molar-refractivity contribution in [2.24, 2.45) is 0 Å². The van der Waals surface area contributed by atoms with E-state index >= 15 is 0 Å². The lowest BCUT2D eigenvalue weighted by Gasteiger charge is -2.23. The van der Waals surface area contributed by atoms with E-state index in [1.165, 1.54) is 18.6 Å². The zero-order valence-electron chi connectivity index (χ0n) is 10.2. The van der Waals surface area contributed by atoms with Gasteiger partial charge < -0.3 is 10.1 Å². The third kappa shape index (κ3) is 6.38. The second-order valence-electron chi connectivity index (χ2n) is 4.20. The van der Waals surface area contributed by atoms with Gasteiger partial charge in [-0.05, 0) is 25.0 Å². The molecule has 0 aromatic carbocycles. The first-order chi connectivity index (χ1) is 7.83. The second kappa shape index (κ2) is 8.88. The first-order valence-electron chi connectivity index (χ1n) is 6.27. The van der Waals surface area contributed by atoms with Gasteiger partial charge in [-0.15, -0.1) is 0 Å². The van der Waals surface area contributed by atoms with E-state index in [1.807, 2.05) is 11.8 Å². The zero-order chi connectivity index (χ0) is 11.6. The van der Waals surface area contributed by atoms with Crippen LogP contribution in [0.2, 0.25) is 0 Å². The molecule has 1 atom stereocenters. The van der Waals surface area contributed by atoms with Crippen molar-refractivity contribution in [3.8, 4) is 0 Å². The first kappa shape index (κ1) is 13.8. The minimum Gasteiger partial charge on any atom is -0.379 e. The molecule has 1 saturated heterocycles. The maximum atomic E-state index is 11.6. The normalized spacial score (nSPS) is 20.7. The lowest BCUT2D eigenvalue weighted by atomic mass is 10.1. The largest absolute Gasteiger partial charge is 0.379 e. The summed E-state index contributed by atoms with van der Waals surface area (Å²) >= 11 is 1.88. The molecule has 94 valence electrons. The smallest absolute Gasteiger partial charge is 0.221 e. The Morgan fingerprint density at radius 1 is 1.50 bits per heavy atom. The predicted octanol–water partition coefficient (Wildman–Crippen LogP) is 2.21. The van der Waals surface area contributed by atoms with Gasteiger partial charge in [0, 0.05) is 18.8 Å². The highest BCUT2D eigenvalue weighted by molar-refractivity contribution is 7.99. The van der Waals surface area contributed by atoms with Crippen molar-refractivity contribution in [3.63, 3.8) is 0 Å². The van der Waals surface area contributed by atoms with Crippen LogP contribution in [0.4, 0.5) is 0 Å². The minimum atomic E-state index is 0.180. The molecule has 1 rings (SSSR count). The summed E-state index contributed by atoms with van der Waals surface area (Å²) in [7, 11) is 0. The Labute approximate surface area is 103 Å².